The summed E-state index contributed by atoms with van der Waals surface area (Å²) in [5, 5.41) is 3.58. The smallest absolute Gasteiger partial charge is 0.377 e. The normalized spacial score (nSPS) is 22.7. The molecule has 1 aromatic heterocycles. The molecule has 9 heteroatoms. The zero-order valence-electron chi connectivity index (χ0n) is 12.7. The summed E-state index contributed by atoms with van der Waals surface area (Å²) in [5.41, 5.74) is 0.541. The second-order valence-corrected chi connectivity index (χ2v) is 8.23. The van der Waals surface area contributed by atoms with Gasteiger partial charge in [-0.3, -0.25) is 4.79 Å². The number of hydrogen-bond acceptors (Lipinski definition) is 7. The van der Waals surface area contributed by atoms with Gasteiger partial charge in [0.1, 0.15) is 0 Å². The Hall–Kier alpha value is -1.90. The van der Waals surface area contributed by atoms with Crippen LogP contribution in [-0.2, 0) is 19.4 Å². The summed E-state index contributed by atoms with van der Waals surface area (Å²) in [7, 11) is -3.08. The van der Waals surface area contributed by atoms with E-state index in [4.69, 9.17) is 9.26 Å². The molecule has 0 N–H and O–H groups in total. The summed E-state index contributed by atoms with van der Waals surface area (Å²) >= 11 is 0. The minimum Gasteiger partial charge on any atom is -0.450 e. The fourth-order valence-electron chi connectivity index (χ4n) is 2.79. The van der Waals surface area contributed by atoms with Gasteiger partial charge in [0.15, 0.2) is 16.4 Å². The molecule has 1 aromatic rings. The number of carbonyl (C=O) groups is 2. The van der Waals surface area contributed by atoms with Crippen LogP contribution >= 0.6 is 0 Å². The Labute approximate surface area is 133 Å². The number of rotatable bonds is 5. The molecule has 0 aromatic carbocycles. The summed E-state index contributed by atoms with van der Waals surface area (Å²) in [6.07, 6.45) is 2.16. The van der Waals surface area contributed by atoms with Gasteiger partial charge in [0, 0.05) is 18.2 Å². The van der Waals surface area contributed by atoms with E-state index in [0.717, 1.165) is 12.8 Å². The van der Waals surface area contributed by atoms with E-state index >= 15 is 0 Å². The van der Waals surface area contributed by atoms with Gasteiger partial charge >= 0.3 is 5.97 Å². The van der Waals surface area contributed by atoms with Gasteiger partial charge in [-0.15, -0.1) is 0 Å². The zero-order valence-corrected chi connectivity index (χ0v) is 13.5. The number of esters is 1. The van der Waals surface area contributed by atoms with Crippen LogP contribution in [0, 0.1) is 6.92 Å². The van der Waals surface area contributed by atoms with Crippen molar-refractivity contribution < 1.29 is 27.3 Å². The van der Waals surface area contributed by atoms with E-state index in [0.29, 0.717) is 12.1 Å². The molecule has 1 saturated heterocycles. The molecule has 0 spiro atoms. The summed E-state index contributed by atoms with van der Waals surface area (Å²) in [6, 6.07) is 1.17. The Balaban J connectivity index is 1.60. The van der Waals surface area contributed by atoms with E-state index in [2.05, 4.69) is 5.16 Å². The average molecular weight is 342 g/mol. The van der Waals surface area contributed by atoms with Gasteiger partial charge < -0.3 is 14.2 Å². The van der Waals surface area contributed by atoms with Crippen LogP contribution in [0.15, 0.2) is 10.6 Å². The summed E-state index contributed by atoms with van der Waals surface area (Å²) in [4.78, 5) is 25.7. The lowest BCUT2D eigenvalue weighted by molar-refractivity contribution is -0.137. The van der Waals surface area contributed by atoms with Gasteiger partial charge in [0.05, 0.1) is 17.2 Å². The third-order valence-electron chi connectivity index (χ3n) is 3.99. The first-order valence-corrected chi connectivity index (χ1v) is 9.30. The van der Waals surface area contributed by atoms with Gasteiger partial charge in [0.25, 0.3) is 5.91 Å². The van der Waals surface area contributed by atoms with Gasteiger partial charge in [-0.2, -0.15) is 0 Å². The molecule has 2 fully saturated rings. The fourth-order valence-corrected chi connectivity index (χ4v) is 4.50. The maximum Gasteiger partial charge on any atom is 0.377 e. The molecule has 3 rings (SSSR count). The minimum absolute atomic E-state index is 0.00944. The molecule has 23 heavy (non-hydrogen) atoms. The Morgan fingerprint density at radius 3 is 2.61 bits per heavy atom. The van der Waals surface area contributed by atoms with Gasteiger partial charge in [0.2, 0.25) is 5.76 Å². The Kier molecular flexibility index (Phi) is 4.13. The maximum atomic E-state index is 12.4. The maximum absolute atomic E-state index is 12.4. The average Bonchev–Trinajstić information content (AvgIpc) is 3.11. The lowest BCUT2D eigenvalue weighted by Crippen LogP contribution is -2.44. The van der Waals surface area contributed by atoms with Crippen LogP contribution in [0.2, 0.25) is 0 Å². The summed E-state index contributed by atoms with van der Waals surface area (Å²) in [6.45, 7) is 1.24. The van der Waals surface area contributed by atoms with Crippen LogP contribution in [0.3, 0.4) is 0 Å². The number of amides is 1. The molecular formula is C14H18N2O6S. The van der Waals surface area contributed by atoms with Crippen molar-refractivity contribution in [2.45, 2.75) is 38.3 Å². The standard InChI is InChI=1S/C14H18N2O6S/c1-9-6-12(22-15-9)14(18)21-7-13(17)16(10-2-3-10)11-4-5-23(19,20)8-11/h6,10-11H,2-5,7-8H2,1H3/t11-/m1/s1. The molecule has 126 valence electrons. The van der Waals surface area contributed by atoms with E-state index in [1.165, 1.54) is 6.07 Å². The lowest BCUT2D eigenvalue weighted by atomic mass is 10.2. The molecule has 1 amide bonds. The second-order valence-electron chi connectivity index (χ2n) is 6.00. The number of ether oxygens (including phenoxy) is 1. The van der Waals surface area contributed by atoms with Gasteiger partial charge in [-0.05, 0) is 26.2 Å². The predicted molar refractivity (Wildman–Crippen MR) is 78.4 cm³/mol. The number of sulfone groups is 1. The molecule has 1 atom stereocenters. The molecule has 0 radical (unpaired) electrons. The van der Waals surface area contributed by atoms with Crippen molar-refractivity contribution >= 4 is 21.7 Å². The third-order valence-corrected chi connectivity index (χ3v) is 5.74. The SMILES string of the molecule is Cc1cc(C(=O)OCC(=O)N(C2CC2)[C@@H]2CCS(=O)(=O)C2)on1. The highest BCUT2D eigenvalue weighted by Crippen LogP contribution is 2.32. The van der Waals surface area contributed by atoms with Crippen LogP contribution in [0.1, 0.15) is 35.5 Å². The van der Waals surface area contributed by atoms with Gasteiger partial charge in [-0.1, -0.05) is 5.16 Å². The number of nitrogens with zero attached hydrogens (tertiary/aromatic N) is 2. The van der Waals surface area contributed by atoms with Crippen LogP contribution < -0.4 is 0 Å². The van der Waals surface area contributed by atoms with E-state index in [1.54, 1.807) is 11.8 Å². The van der Waals surface area contributed by atoms with Crippen LogP contribution in [0.25, 0.3) is 0 Å². The molecule has 2 aliphatic rings. The number of aryl methyl sites for hydroxylation is 1. The van der Waals surface area contributed by atoms with Crippen molar-refractivity contribution in [3.63, 3.8) is 0 Å². The summed E-state index contributed by atoms with van der Waals surface area (Å²) in [5.74, 6) is -1.08. The zero-order chi connectivity index (χ0) is 16.6. The van der Waals surface area contributed by atoms with Crippen molar-refractivity contribution in [3.8, 4) is 0 Å². The summed E-state index contributed by atoms with van der Waals surface area (Å²) < 4.78 is 33.0. The molecular weight excluding hydrogens is 324 g/mol. The molecule has 1 aliphatic carbocycles. The molecule has 1 saturated carbocycles. The molecule has 1 aliphatic heterocycles. The fraction of sp³-hybridized carbons (Fsp3) is 0.643. The Bertz CT molecular complexity index is 721. The largest absolute Gasteiger partial charge is 0.450 e. The highest BCUT2D eigenvalue weighted by molar-refractivity contribution is 7.91. The topological polar surface area (TPSA) is 107 Å². The van der Waals surface area contributed by atoms with E-state index < -0.39 is 22.4 Å². The van der Waals surface area contributed by atoms with Crippen LogP contribution in [0.5, 0.6) is 0 Å². The minimum atomic E-state index is -3.08. The molecule has 2 heterocycles. The van der Waals surface area contributed by atoms with Crippen molar-refractivity contribution in [2.75, 3.05) is 18.1 Å². The Morgan fingerprint density at radius 1 is 1.35 bits per heavy atom. The van der Waals surface area contributed by atoms with Crippen LogP contribution in [-0.4, -0.2) is 60.5 Å². The first-order chi connectivity index (χ1) is 10.9. The molecule has 0 unspecified atom stereocenters. The first kappa shape index (κ1) is 16.0. The highest BCUT2D eigenvalue weighted by atomic mass is 32.2. The number of hydrogen-bond donors (Lipinski definition) is 0. The predicted octanol–water partition coefficient (Wildman–Crippen LogP) is 0.318. The first-order valence-electron chi connectivity index (χ1n) is 7.48. The van der Waals surface area contributed by atoms with E-state index in [-0.39, 0.29) is 35.3 Å². The van der Waals surface area contributed by atoms with Crippen molar-refractivity contribution in [1.29, 1.82) is 0 Å². The number of carbonyl (C=O) groups excluding carboxylic acids is 2. The van der Waals surface area contributed by atoms with E-state index in [9.17, 15) is 18.0 Å². The van der Waals surface area contributed by atoms with Crippen molar-refractivity contribution in [2.24, 2.45) is 0 Å². The third kappa shape index (κ3) is 3.72. The van der Waals surface area contributed by atoms with E-state index in [1.807, 2.05) is 0 Å². The number of aromatic nitrogens is 1. The van der Waals surface area contributed by atoms with Gasteiger partial charge in [-0.25, -0.2) is 13.2 Å². The lowest BCUT2D eigenvalue weighted by Gasteiger charge is -2.28. The van der Waals surface area contributed by atoms with Crippen molar-refractivity contribution in [3.05, 3.63) is 17.5 Å². The molecule has 8 nitrogen and oxygen atoms in total. The monoisotopic (exact) mass is 342 g/mol. The molecule has 0 bridgehead atoms. The van der Waals surface area contributed by atoms with Crippen LogP contribution in [0.4, 0.5) is 0 Å². The quantitative estimate of drug-likeness (QED) is 0.709. The second kappa shape index (κ2) is 5.95. The van der Waals surface area contributed by atoms with Crippen molar-refractivity contribution in [1.82, 2.24) is 10.1 Å². The Morgan fingerprint density at radius 2 is 2.09 bits per heavy atom. The highest BCUT2D eigenvalue weighted by Gasteiger charge is 2.42.